The van der Waals surface area contributed by atoms with Crippen molar-refractivity contribution < 1.29 is 9.59 Å². The van der Waals surface area contributed by atoms with Crippen LogP contribution in [-0.2, 0) is 4.79 Å². The Morgan fingerprint density at radius 3 is 2.11 bits per heavy atom. The first-order valence-corrected chi connectivity index (χ1v) is 7.44. The predicted molar refractivity (Wildman–Crippen MR) is 76.0 cm³/mol. The molecule has 0 aliphatic carbocycles. The first-order valence-electron chi connectivity index (χ1n) is 7.44. The minimum Gasteiger partial charge on any atom is -0.341 e. The summed E-state index contributed by atoms with van der Waals surface area (Å²) >= 11 is 0. The summed E-state index contributed by atoms with van der Waals surface area (Å²) in [5.41, 5.74) is 0. The molecule has 0 aromatic carbocycles. The minimum absolute atomic E-state index is 0.00632. The highest BCUT2D eigenvalue weighted by Crippen LogP contribution is 2.09. The summed E-state index contributed by atoms with van der Waals surface area (Å²) in [6, 6.07) is -0.550. The number of nitrogens with zero attached hydrogens (tertiary/aromatic N) is 2. The lowest BCUT2D eigenvalue weighted by atomic mass is 10.2. The van der Waals surface area contributed by atoms with Gasteiger partial charge in [-0.15, -0.1) is 0 Å². The second-order valence-electron chi connectivity index (χ2n) is 5.08. The molecule has 110 valence electrons. The summed E-state index contributed by atoms with van der Waals surface area (Å²) in [5, 5.41) is 2.82. The zero-order valence-corrected chi connectivity index (χ0v) is 12.4. The van der Waals surface area contributed by atoms with Crippen molar-refractivity contribution in [1.29, 1.82) is 0 Å². The Morgan fingerprint density at radius 1 is 1.11 bits per heavy atom. The Kier molecular flexibility index (Phi) is 6.67. The van der Waals surface area contributed by atoms with Gasteiger partial charge in [0.05, 0.1) is 0 Å². The SMILES string of the molecule is CCN(CC)C(=O)C(C)NC(=O)N1CCCCCC1. The molecule has 0 bridgehead atoms. The lowest BCUT2D eigenvalue weighted by molar-refractivity contribution is -0.132. The molecule has 1 N–H and O–H groups in total. The Bertz CT molecular complexity index is 295. The summed E-state index contributed by atoms with van der Waals surface area (Å²) in [7, 11) is 0. The maximum atomic E-state index is 12.1. The van der Waals surface area contributed by atoms with Crippen LogP contribution in [0.5, 0.6) is 0 Å². The number of hydrogen-bond acceptors (Lipinski definition) is 2. The molecular formula is C14H27N3O2. The van der Waals surface area contributed by atoms with E-state index in [9.17, 15) is 9.59 Å². The topological polar surface area (TPSA) is 52.7 Å². The molecule has 1 aliphatic heterocycles. The highest BCUT2D eigenvalue weighted by Gasteiger charge is 2.23. The molecule has 0 aromatic rings. The van der Waals surface area contributed by atoms with Gasteiger partial charge in [0.25, 0.3) is 0 Å². The molecule has 0 spiro atoms. The van der Waals surface area contributed by atoms with Crippen LogP contribution in [0.4, 0.5) is 4.79 Å². The zero-order chi connectivity index (χ0) is 14.3. The van der Waals surface area contributed by atoms with Crippen LogP contribution in [0.1, 0.15) is 46.5 Å². The summed E-state index contributed by atoms with van der Waals surface area (Å²) in [6.07, 6.45) is 4.51. The van der Waals surface area contributed by atoms with Gasteiger partial charge in [0, 0.05) is 26.2 Å². The normalized spacial score (nSPS) is 17.5. The zero-order valence-electron chi connectivity index (χ0n) is 12.4. The lowest BCUT2D eigenvalue weighted by Gasteiger charge is -2.26. The molecule has 0 saturated carbocycles. The maximum absolute atomic E-state index is 12.1. The summed E-state index contributed by atoms with van der Waals surface area (Å²) in [6.45, 7) is 8.63. The van der Waals surface area contributed by atoms with Gasteiger partial charge in [-0.1, -0.05) is 12.8 Å². The van der Waals surface area contributed by atoms with Gasteiger partial charge in [-0.25, -0.2) is 4.79 Å². The van der Waals surface area contributed by atoms with E-state index < -0.39 is 6.04 Å². The van der Waals surface area contributed by atoms with Crippen molar-refractivity contribution in [1.82, 2.24) is 15.1 Å². The number of likely N-dealkylation sites (N-methyl/N-ethyl adjacent to an activating group) is 1. The van der Waals surface area contributed by atoms with E-state index in [0.717, 1.165) is 25.9 Å². The van der Waals surface area contributed by atoms with Crippen LogP contribution < -0.4 is 5.32 Å². The molecule has 0 aromatic heterocycles. The van der Waals surface area contributed by atoms with Gasteiger partial charge in [-0.2, -0.15) is 0 Å². The van der Waals surface area contributed by atoms with E-state index in [1.165, 1.54) is 12.8 Å². The van der Waals surface area contributed by atoms with E-state index >= 15 is 0 Å². The molecule has 1 rings (SSSR count). The number of hydrogen-bond donors (Lipinski definition) is 1. The Balaban J connectivity index is 2.48. The van der Waals surface area contributed by atoms with E-state index in [1.54, 1.807) is 11.8 Å². The van der Waals surface area contributed by atoms with Gasteiger partial charge in [-0.3, -0.25) is 4.79 Å². The number of nitrogens with one attached hydrogen (secondary N) is 1. The monoisotopic (exact) mass is 269 g/mol. The van der Waals surface area contributed by atoms with Gasteiger partial charge >= 0.3 is 6.03 Å². The molecule has 5 heteroatoms. The molecule has 1 heterocycles. The number of amides is 3. The molecule has 1 unspecified atom stereocenters. The van der Waals surface area contributed by atoms with E-state index in [2.05, 4.69) is 5.32 Å². The van der Waals surface area contributed by atoms with Crippen LogP contribution >= 0.6 is 0 Å². The van der Waals surface area contributed by atoms with Crippen molar-refractivity contribution in [2.45, 2.75) is 52.5 Å². The Labute approximate surface area is 116 Å². The summed E-state index contributed by atoms with van der Waals surface area (Å²) in [4.78, 5) is 27.8. The fraction of sp³-hybridized carbons (Fsp3) is 0.857. The van der Waals surface area contributed by atoms with Crippen molar-refractivity contribution in [2.24, 2.45) is 0 Å². The molecular weight excluding hydrogens is 242 g/mol. The van der Waals surface area contributed by atoms with Crippen LogP contribution in [0.2, 0.25) is 0 Å². The van der Waals surface area contributed by atoms with Crippen molar-refractivity contribution in [3.8, 4) is 0 Å². The fourth-order valence-electron chi connectivity index (χ4n) is 2.42. The van der Waals surface area contributed by atoms with Crippen molar-refractivity contribution >= 4 is 11.9 Å². The van der Waals surface area contributed by atoms with Crippen LogP contribution in [0, 0.1) is 0 Å². The van der Waals surface area contributed by atoms with Crippen molar-refractivity contribution in [2.75, 3.05) is 26.2 Å². The molecule has 5 nitrogen and oxygen atoms in total. The van der Waals surface area contributed by atoms with Crippen LogP contribution in [0.25, 0.3) is 0 Å². The van der Waals surface area contributed by atoms with Gasteiger partial charge < -0.3 is 15.1 Å². The van der Waals surface area contributed by atoms with Gasteiger partial charge in [0.1, 0.15) is 6.04 Å². The third-order valence-corrected chi connectivity index (χ3v) is 3.68. The van der Waals surface area contributed by atoms with Crippen LogP contribution in [-0.4, -0.2) is 54.0 Å². The number of urea groups is 1. The third-order valence-electron chi connectivity index (χ3n) is 3.68. The van der Waals surface area contributed by atoms with E-state index in [-0.39, 0.29) is 11.9 Å². The van der Waals surface area contributed by atoms with E-state index in [0.29, 0.717) is 13.1 Å². The Hall–Kier alpha value is -1.26. The second kappa shape index (κ2) is 8.02. The largest absolute Gasteiger partial charge is 0.341 e. The quantitative estimate of drug-likeness (QED) is 0.846. The van der Waals surface area contributed by atoms with Crippen LogP contribution in [0.3, 0.4) is 0 Å². The van der Waals surface area contributed by atoms with E-state index in [4.69, 9.17) is 0 Å². The molecule has 19 heavy (non-hydrogen) atoms. The average Bonchev–Trinajstić information content (AvgIpc) is 2.68. The summed E-state index contributed by atoms with van der Waals surface area (Å²) in [5.74, 6) is -0.00632. The van der Waals surface area contributed by atoms with Gasteiger partial charge in [0.2, 0.25) is 5.91 Å². The number of rotatable bonds is 4. The highest BCUT2D eigenvalue weighted by molar-refractivity contribution is 5.86. The molecule has 1 saturated heterocycles. The Morgan fingerprint density at radius 2 is 1.63 bits per heavy atom. The predicted octanol–water partition coefficient (Wildman–Crippen LogP) is 1.83. The van der Waals surface area contributed by atoms with E-state index in [1.807, 2.05) is 18.7 Å². The summed E-state index contributed by atoms with van der Waals surface area (Å²) < 4.78 is 0. The maximum Gasteiger partial charge on any atom is 0.318 e. The molecule has 1 aliphatic rings. The smallest absolute Gasteiger partial charge is 0.318 e. The minimum atomic E-state index is -0.448. The van der Waals surface area contributed by atoms with Crippen molar-refractivity contribution in [3.05, 3.63) is 0 Å². The molecule has 1 fully saturated rings. The second-order valence-corrected chi connectivity index (χ2v) is 5.08. The first-order chi connectivity index (χ1) is 9.10. The third kappa shape index (κ3) is 4.73. The molecule has 0 radical (unpaired) electrons. The van der Waals surface area contributed by atoms with Crippen molar-refractivity contribution in [3.63, 3.8) is 0 Å². The van der Waals surface area contributed by atoms with Gasteiger partial charge in [-0.05, 0) is 33.6 Å². The fourth-order valence-corrected chi connectivity index (χ4v) is 2.42. The highest BCUT2D eigenvalue weighted by atomic mass is 16.2. The number of carbonyl (C=O) groups is 2. The van der Waals surface area contributed by atoms with Crippen LogP contribution in [0.15, 0.2) is 0 Å². The van der Waals surface area contributed by atoms with Gasteiger partial charge in [0.15, 0.2) is 0 Å². The first kappa shape index (κ1) is 15.8. The average molecular weight is 269 g/mol. The number of likely N-dealkylation sites (tertiary alicyclic amines) is 1. The molecule has 3 amide bonds. The lowest BCUT2D eigenvalue weighted by Crippen LogP contribution is -2.51. The molecule has 1 atom stereocenters. The number of carbonyl (C=O) groups excluding carboxylic acids is 2. The standard InChI is InChI=1S/C14H27N3O2/c1-4-16(5-2)13(18)12(3)15-14(19)17-10-8-6-7-9-11-17/h12H,4-11H2,1-3H3,(H,15,19).